The third kappa shape index (κ3) is 1.04. The van der Waals surface area contributed by atoms with E-state index in [1.54, 1.807) is 12.4 Å². The molecule has 0 aliphatic heterocycles. The molecule has 1 spiro atoms. The van der Waals surface area contributed by atoms with E-state index in [2.05, 4.69) is 11.1 Å². The van der Waals surface area contributed by atoms with Gasteiger partial charge in [0.05, 0.1) is 11.5 Å². The zero-order chi connectivity index (χ0) is 12.4. The van der Waals surface area contributed by atoms with Gasteiger partial charge in [-0.3, -0.25) is 4.98 Å². The minimum absolute atomic E-state index is 0.100. The van der Waals surface area contributed by atoms with Crippen molar-refractivity contribution in [1.29, 1.82) is 5.26 Å². The molecule has 2 aliphatic carbocycles. The predicted molar refractivity (Wildman–Crippen MR) is 65.3 cm³/mol. The number of fused-ring (bicyclic) bond motifs is 1. The van der Waals surface area contributed by atoms with Crippen LogP contribution in [-0.2, 0) is 5.41 Å². The summed E-state index contributed by atoms with van der Waals surface area (Å²) in [6.45, 7) is 0. The Balaban J connectivity index is 1.96. The van der Waals surface area contributed by atoms with Gasteiger partial charge in [-0.05, 0) is 48.3 Å². The summed E-state index contributed by atoms with van der Waals surface area (Å²) in [5.41, 5.74) is 0.124. The monoisotopic (exact) mass is 238 g/mol. The summed E-state index contributed by atoms with van der Waals surface area (Å²) < 4.78 is 14.2. The average Bonchev–Trinajstić information content (AvgIpc) is 3.29. The molecule has 2 aromatic rings. The Labute approximate surface area is 104 Å². The second-order valence-corrected chi connectivity index (χ2v) is 5.53. The largest absolute Gasteiger partial charge is 0.264 e. The molecule has 18 heavy (non-hydrogen) atoms. The molecule has 1 aromatic carbocycles. The van der Waals surface area contributed by atoms with Gasteiger partial charge in [0.25, 0.3) is 0 Å². The van der Waals surface area contributed by atoms with Crippen LogP contribution in [0.1, 0.15) is 24.8 Å². The van der Waals surface area contributed by atoms with Crippen LogP contribution in [-0.4, -0.2) is 4.98 Å². The van der Waals surface area contributed by atoms with Crippen LogP contribution >= 0.6 is 0 Å². The van der Waals surface area contributed by atoms with E-state index in [0.717, 1.165) is 30.0 Å². The second-order valence-electron chi connectivity index (χ2n) is 5.53. The highest BCUT2D eigenvalue weighted by Crippen LogP contribution is 2.78. The number of hydrogen-bond acceptors (Lipinski definition) is 2. The van der Waals surface area contributed by atoms with E-state index in [1.807, 2.05) is 12.1 Å². The minimum atomic E-state index is -0.561. The topological polar surface area (TPSA) is 36.7 Å². The van der Waals surface area contributed by atoms with Crippen molar-refractivity contribution in [3.8, 4) is 6.07 Å². The van der Waals surface area contributed by atoms with Gasteiger partial charge in [0.1, 0.15) is 5.82 Å². The van der Waals surface area contributed by atoms with Crippen molar-refractivity contribution >= 4 is 10.8 Å². The third-order valence-electron chi connectivity index (χ3n) is 4.61. The average molecular weight is 238 g/mol. The highest BCUT2D eigenvalue weighted by molar-refractivity contribution is 5.83. The van der Waals surface area contributed by atoms with Crippen LogP contribution in [0.5, 0.6) is 0 Å². The molecule has 0 amide bonds. The van der Waals surface area contributed by atoms with E-state index in [4.69, 9.17) is 0 Å². The lowest BCUT2D eigenvalue weighted by molar-refractivity contribution is 0.587. The highest BCUT2D eigenvalue weighted by Gasteiger charge is 2.76. The Morgan fingerprint density at radius 1 is 1.28 bits per heavy atom. The molecule has 1 aromatic heterocycles. The lowest BCUT2D eigenvalue weighted by atomic mass is 9.91. The molecule has 2 nitrogen and oxygen atoms in total. The Morgan fingerprint density at radius 3 is 2.78 bits per heavy atom. The molecule has 1 atom stereocenters. The van der Waals surface area contributed by atoms with E-state index in [0.29, 0.717) is 5.56 Å². The van der Waals surface area contributed by atoms with Crippen molar-refractivity contribution in [2.45, 2.75) is 24.7 Å². The van der Waals surface area contributed by atoms with Gasteiger partial charge in [0.2, 0.25) is 0 Å². The maximum atomic E-state index is 14.2. The van der Waals surface area contributed by atoms with E-state index in [9.17, 15) is 9.65 Å². The molecule has 0 saturated heterocycles. The summed E-state index contributed by atoms with van der Waals surface area (Å²) in [6.07, 6.45) is 6.30. The van der Waals surface area contributed by atoms with Crippen molar-refractivity contribution in [2.75, 3.05) is 0 Å². The molecule has 2 saturated carbocycles. The molecule has 2 fully saturated rings. The van der Waals surface area contributed by atoms with Crippen LogP contribution in [0.3, 0.4) is 0 Å². The van der Waals surface area contributed by atoms with Gasteiger partial charge in [-0.1, -0.05) is 0 Å². The molecule has 88 valence electrons. The molecule has 3 heteroatoms. The molecule has 4 rings (SSSR count). The summed E-state index contributed by atoms with van der Waals surface area (Å²) in [5.74, 6) is -0.263. The first kappa shape index (κ1) is 10.0. The number of benzene rings is 1. The Hall–Kier alpha value is -1.95. The normalized spacial score (nSPS) is 27.1. The second kappa shape index (κ2) is 2.89. The molecular formula is C15H11FN2. The van der Waals surface area contributed by atoms with Crippen molar-refractivity contribution in [3.63, 3.8) is 0 Å². The third-order valence-corrected chi connectivity index (χ3v) is 4.61. The van der Waals surface area contributed by atoms with Crippen LogP contribution in [0, 0.1) is 22.6 Å². The fourth-order valence-electron chi connectivity index (χ4n) is 3.25. The number of aromatic nitrogens is 1. The molecule has 2 aliphatic rings. The SMILES string of the molecule is N#CC1(c2cc3ccncc3cc2F)CC12CC2. The van der Waals surface area contributed by atoms with Gasteiger partial charge in [-0.25, -0.2) is 4.39 Å². The van der Waals surface area contributed by atoms with Crippen LogP contribution in [0.2, 0.25) is 0 Å². The van der Waals surface area contributed by atoms with E-state index in [-0.39, 0.29) is 11.2 Å². The van der Waals surface area contributed by atoms with Crippen LogP contribution in [0.4, 0.5) is 4.39 Å². The van der Waals surface area contributed by atoms with Gasteiger partial charge in [-0.2, -0.15) is 5.26 Å². The predicted octanol–water partition coefficient (Wildman–Crippen LogP) is 3.32. The number of hydrogen-bond donors (Lipinski definition) is 0. The maximum Gasteiger partial charge on any atom is 0.128 e. The number of nitriles is 1. The van der Waals surface area contributed by atoms with E-state index in [1.165, 1.54) is 6.07 Å². The summed E-state index contributed by atoms with van der Waals surface area (Å²) >= 11 is 0. The van der Waals surface area contributed by atoms with Crippen molar-refractivity contribution in [1.82, 2.24) is 4.98 Å². The van der Waals surface area contributed by atoms with Crippen molar-refractivity contribution < 1.29 is 4.39 Å². The Morgan fingerprint density at radius 2 is 2.11 bits per heavy atom. The zero-order valence-electron chi connectivity index (χ0n) is 9.78. The summed E-state index contributed by atoms with van der Waals surface area (Å²) in [6, 6.07) is 7.58. The molecule has 1 heterocycles. The molecule has 0 radical (unpaired) electrons. The molecular weight excluding hydrogens is 227 g/mol. The van der Waals surface area contributed by atoms with Gasteiger partial charge in [-0.15, -0.1) is 0 Å². The Kier molecular flexibility index (Phi) is 1.61. The quantitative estimate of drug-likeness (QED) is 0.764. The first-order chi connectivity index (χ1) is 8.71. The maximum absolute atomic E-state index is 14.2. The Bertz CT molecular complexity index is 712. The highest BCUT2D eigenvalue weighted by atomic mass is 19.1. The van der Waals surface area contributed by atoms with Gasteiger partial charge in [0.15, 0.2) is 0 Å². The number of pyridine rings is 1. The lowest BCUT2D eigenvalue weighted by Gasteiger charge is -2.11. The van der Waals surface area contributed by atoms with Crippen LogP contribution in [0.15, 0.2) is 30.6 Å². The van der Waals surface area contributed by atoms with Crippen LogP contribution in [0.25, 0.3) is 10.8 Å². The molecule has 0 bridgehead atoms. The standard InChI is InChI=1S/C15H11FN2/c16-13-6-11-7-18-4-1-10(11)5-12(13)15(9-17)8-14(15)2-3-14/h1,4-7H,2-3,8H2. The first-order valence-corrected chi connectivity index (χ1v) is 6.16. The number of halogens is 1. The molecule has 1 unspecified atom stereocenters. The lowest BCUT2D eigenvalue weighted by Crippen LogP contribution is -2.10. The van der Waals surface area contributed by atoms with Crippen molar-refractivity contribution in [2.24, 2.45) is 5.41 Å². The van der Waals surface area contributed by atoms with E-state index >= 15 is 0 Å². The summed E-state index contributed by atoms with van der Waals surface area (Å²) in [5, 5.41) is 11.2. The van der Waals surface area contributed by atoms with Crippen LogP contribution < -0.4 is 0 Å². The first-order valence-electron chi connectivity index (χ1n) is 6.16. The van der Waals surface area contributed by atoms with Gasteiger partial charge in [0, 0.05) is 23.3 Å². The number of nitrogens with zero attached hydrogens (tertiary/aromatic N) is 2. The zero-order valence-corrected chi connectivity index (χ0v) is 9.78. The minimum Gasteiger partial charge on any atom is -0.264 e. The van der Waals surface area contributed by atoms with Crippen molar-refractivity contribution in [3.05, 3.63) is 42.0 Å². The van der Waals surface area contributed by atoms with E-state index < -0.39 is 5.41 Å². The molecule has 0 N–H and O–H groups in total. The van der Waals surface area contributed by atoms with Gasteiger partial charge >= 0.3 is 0 Å². The summed E-state index contributed by atoms with van der Waals surface area (Å²) in [4.78, 5) is 3.99. The fourth-order valence-corrected chi connectivity index (χ4v) is 3.25. The smallest absolute Gasteiger partial charge is 0.128 e. The number of rotatable bonds is 1. The van der Waals surface area contributed by atoms with Gasteiger partial charge < -0.3 is 0 Å². The summed E-state index contributed by atoms with van der Waals surface area (Å²) in [7, 11) is 0. The fraction of sp³-hybridized carbons (Fsp3) is 0.333.